The van der Waals surface area contributed by atoms with Crippen LogP contribution < -0.4 is 5.73 Å². The van der Waals surface area contributed by atoms with Crippen LogP contribution in [0, 0.1) is 5.92 Å². The number of benzene rings is 1. The number of rotatable bonds is 4. The molecule has 1 aromatic carbocycles. The van der Waals surface area contributed by atoms with Crippen molar-refractivity contribution in [1.29, 1.82) is 0 Å². The molecule has 1 unspecified atom stereocenters. The highest BCUT2D eigenvalue weighted by Crippen LogP contribution is 2.20. The Labute approximate surface area is 99.8 Å². The molecule has 5 heteroatoms. The molecule has 0 spiro atoms. The summed E-state index contributed by atoms with van der Waals surface area (Å²) in [5, 5.41) is 19.1. The highest BCUT2D eigenvalue weighted by atomic mass is 16.8. The molecule has 0 heterocycles. The van der Waals surface area contributed by atoms with E-state index in [1.807, 2.05) is 0 Å². The number of nitrogen functional groups attached to an aromatic ring is 1. The van der Waals surface area contributed by atoms with Crippen molar-refractivity contribution in [2.75, 3.05) is 5.73 Å². The molecule has 0 saturated carbocycles. The van der Waals surface area contributed by atoms with Gasteiger partial charge in [-0.05, 0) is 30.7 Å². The van der Waals surface area contributed by atoms with Crippen LogP contribution in [-0.4, -0.2) is 22.2 Å². The summed E-state index contributed by atoms with van der Waals surface area (Å²) in [4.78, 5) is 11.6. The Hall–Kier alpha value is -1.59. The first-order valence-electron chi connectivity index (χ1n) is 5.40. The van der Waals surface area contributed by atoms with Gasteiger partial charge in [0, 0.05) is 11.6 Å². The molecule has 1 atom stereocenters. The van der Waals surface area contributed by atoms with Crippen molar-refractivity contribution in [2.24, 2.45) is 5.92 Å². The molecule has 0 aliphatic rings. The van der Waals surface area contributed by atoms with Crippen molar-refractivity contribution < 1.29 is 19.7 Å². The maximum absolute atomic E-state index is 11.6. The van der Waals surface area contributed by atoms with Gasteiger partial charge in [-0.2, -0.15) is 0 Å². The number of aliphatic hydroxyl groups is 2. The predicted molar refractivity (Wildman–Crippen MR) is 62.9 cm³/mol. The molecule has 0 radical (unpaired) electrons. The van der Waals surface area contributed by atoms with Crippen molar-refractivity contribution in [2.45, 2.75) is 26.2 Å². The van der Waals surface area contributed by atoms with Gasteiger partial charge in [-0.3, -0.25) is 0 Å². The summed E-state index contributed by atoms with van der Waals surface area (Å²) < 4.78 is 4.65. The largest absolute Gasteiger partial charge is 0.404 e. The Morgan fingerprint density at radius 1 is 1.41 bits per heavy atom. The molecular weight excluding hydrogens is 222 g/mol. The van der Waals surface area contributed by atoms with E-state index in [0.717, 1.165) is 0 Å². The molecular formula is C12H17NO4. The van der Waals surface area contributed by atoms with Gasteiger partial charge in [0.25, 0.3) is 0 Å². The van der Waals surface area contributed by atoms with Crippen LogP contribution in [0.25, 0.3) is 0 Å². The second-order valence-corrected chi connectivity index (χ2v) is 3.98. The number of carbonyl (C=O) groups is 1. The van der Waals surface area contributed by atoms with E-state index in [9.17, 15) is 15.0 Å². The van der Waals surface area contributed by atoms with Gasteiger partial charge in [-0.25, -0.2) is 4.79 Å². The number of ether oxygens (including phenoxy) is 1. The second-order valence-electron chi connectivity index (χ2n) is 3.98. The van der Waals surface area contributed by atoms with Gasteiger partial charge in [0.2, 0.25) is 0 Å². The van der Waals surface area contributed by atoms with Gasteiger partial charge < -0.3 is 20.7 Å². The SMILES string of the molecule is CCC(C)C(O)(O)OC(=O)c1ccc(N)cc1. The van der Waals surface area contributed by atoms with Crippen LogP contribution >= 0.6 is 0 Å². The molecule has 17 heavy (non-hydrogen) atoms. The van der Waals surface area contributed by atoms with E-state index in [2.05, 4.69) is 4.74 Å². The summed E-state index contributed by atoms with van der Waals surface area (Å²) in [6.45, 7) is 3.35. The predicted octanol–water partition coefficient (Wildman–Crippen LogP) is 1.11. The number of hydrogen-bond donors (Lipinski definition) is 3. The van der Waals surface area contributed by atoms with Gasteiger partial charge in [0.1, 0.15) is 0 Å². The Kier molecular flexibility index (Phi) is 4.09. The highest BCUT2D eigenvalue weighted by molar-refractivity contribution is 5.89. The zero-order chi connectivity index (χ0) is 13.1. The molecule has 0 fully saturated rings. The fourth-order valence-corrected chi connectivity index (χ4v) is 1.18. The minimum Gasteiger partial charge on any atom is -0.404 e. The van der Waals surface area contributed by atoms with Crippen molar-refractivity contribution in [3.8, 4) is 0 Å². The minimum absolute atomic E-state index is 0.218. The second kappa shape index (κ2) is 5.16. The summed E-state index contributed by atoms with van der Waals surface area (Å²) >= 11 is 0. The van der Waals surface area contributed by atoms with Gasteiger partial charge in [-0.15, -0.1) is 0 Å². The summed E-state index contributed by atoms with van der Waals surface area (Å²) in [5.41, 5.74) is 6.21. The fraction of sp³-hybridized carbons (Fsp3) is 0.417. The number of carbonyl (C=O) groups excluding carboxylic acids is 1. The summed E-state index contributed by atoms with van der Waals surface area (Å²) in [7, 11) is 0. The topological polar surface area (TPSA) is 92.8 Å². The van der Waals surface area contributed by atoms with Crippen molar-refractivity contribution in [3.05, 3.63) is 29.8 Å². The monoisotopic (exact) mass is 239 g/mol. The lowest BCUT2D eigenvalue weighted by Gasteiger charge is -2.26. The molecule has 94 valence electrons. The third-order valence-electron chi connectivity index (χ3n) is 2.64. The molecule has 0 bridgehead atoms. The number of anilines is 1. The Morgan fingerprint density at radius 3 is 2.41 bits per heavy atom. The van der Waals surface area contributed by atoms with Crippen molar-refractivity contribution in [1.82, 2.24) is 0 Å². The van der Waals surface area contributed by atoms with Crippen molar-refractivity contribution in [3.63, 3.8) is 0 Å². The van der Waals surface area contributed by atoms with Gasteiger partial charge >= 0.3 is 11.9 Å². The van der Waals surface area contributed by atoms with Gasteiger partial charge in [0.05, 0.1) is 5.56 Å². The first-order chi connectivity index (χ1) is 7.86. The quantitative estimate of drug-likeness (QED) is 0.416. The standard InChI is InChI=1S/C12H17NO4/c1-3-8(2)12(15,16)17-11(14)9-4-6-10(13)7-5-9/h4-8,15-16H,3,13H2,1-2H3. The fourth-order valence-electron chi connectivity index (χ4n) is 1.18. The average molecular weight is 239 g/mol. The average Bonchev–Trinajstić information content (AvgIpc) is 2.28. The van der Waals surface area contributed by atoms with E-state index in [-0.39, 0.29) is 5.56 Å². The van der Waals surface area contributed by atoms with E-state index >= 15 is 0 Å². The first-order valence-corrected chi connectivity index (χ1v) is 5.40. The summed E-state index contributed by atoms with van der Waals surface area (Å²) in [6, 6.07) is 6.00. The van der Waals surface area contributed by atoms with Crippen LogP contribution in [-0.2, 0) is 4.74 Å². The summed E-state index contributed by atoms with van der Waals surface area (Å²) in [5.74, 6) is -3.82. The molecule has 1 aromatic rings. The lowest BCUT2D eigenvalue weighted by Crippen LogP contribution is -2.41. The van der Waals surface area contributed by atoms with Crippen LogP contribution in [0.3, 0.4) is 0 Å². The van der Waals surface area contributed by atoms with Crippen LogP contribution in [0.15, 0.2) is 24.3 Å². The zero-order valence-electron chi connectivity index (χ0n) is 9.88. The first kappa shape index (κ1) is 13.5. The molecule has 0 saturated heterocycles. The zero-order valence-corrected chi connectivity index (χ0v) is 9.88. The maximum atomic E-state index is 11.6. The molecule has 5 nitrogen and oxygen atoms in total. The Morgan fingerprint density at radius 2 is 1.94 bits per heavy atom. The smallest absolute Gasteiger partial charge is 0.342 e. The normalized spacial score (nSPS) is 13.2. The maximum Gasteiger partial charge on any atom is 0.342 e. The van der Waals surface area contributed by atoms with E-state index in [1.54, 1.807) is 13.8 Å². The number of hydrogen-bond acceptors (Lipinski definition) is 5. The minimum atomic E-state index is -2.45. The molecule has 0 aliphatic carbocycles. The van der Waals surface area contributed by atoms with E-state index < -0.39 is 17.9 Å². The molecule has 0 aromatic heterocycles. The number of esters is 1. The molecule has 1 rings (SSSR count). The third kappa shape index (κ3) is 3.44. The Bertz CT molecular complexity index is 386. The third-order valence-corrected chi connectivity index (χ3v) is 2.64. The van der Waals surface area contributed by atoms with Crippen LogP contribution in [0.5, 0.6) is 0 Å². The molecule has 4 N–H and O–H groups in total. The molecule has 0 amide bonds. The summed E-state index contributed by atoms with van der Waals surface area (Å²) in [6.07, 6.45) is 0.474. The van der Waals surface area contributed by atoms with E-state index in [0.29, 0.717) is 12.1 Å². The van der Waals surface area contributed by atoms with Gasteiger partial charge in [0.15, 0.2) is 0 Å². The van der Waals surface area contributed by atoms with Crippen LogP contribution in [0.1, 0.15) is 30.6 Å². The lowest BCUT2D eigenvalue weighted by atomic mass is 10.1. The van der Waals surface area contributed by atoms with Crippen molar-refractivity contribution >= 4 is 11.7 Å². The van der Waals surface area contributed by atoms with E-state index in [4.69, 9.17) is 5.73 Å². The van der Waals surface area contributed by atoms with Gasteiger partial charge in [-0.1, -0.05) is 13.8 Å². The lowest BCUT2D eigenvalue weighted by molar-refractivity contribution is -0.334. The van der Waals surface area contributed by atoms with E-state index in [1.165, 1.54) is 24.3 Å². The molecule has 0 aliphatic heterocycles. The van der Waals surface area contributed by atoms with Crippen LogP contribution in [0.4, 0.5) is 5.69 Å². The number of nitrogens with two attached hydrogens (primary N) is 1. The van der Waals surface area contributed by atoms with Crippen LogP contribution in [0.2, 0.25) is 0 Å². The highest BCUT2D eigenvalue weighted by Gasteiger charge is 2.34. The Balaban J connectivity index is 2.75.